The first-order valence-corrected chi connectivity index (χ1v) is 4.37. The van der Waals surface area contributed by atoms with E-state index >= 15 is 0 Å². The highest BCUT2D eigenvalue weighted by molar-refractivity contribution is 5.25. The Bertz CT molecular complexity index is 305. The predicted octanol–water partition coefficient (Wildman–Crippen LogP) is 1.14. The lowest BCUT2D eigenvalue weighted by atomic mass is 10.0. The van der Waals surface area contributed by atoms with Crippen molar-refractivity contribution in [2.45, 2.75) is 19.4 Å². The predicted molar refractivity (Wildman–Crippen MR) is 49.9 cm³/mol. The van der Waals surface area contributed by atoms with E-state index in [1.54, 1.807) is 6.92 Å². The lowest BCUT2D eigenvalue weighted by Crippen LogP contribution is -2.23. The fraction of sp³-hybridized carbons (Fsp3) is 0.400. The summed E-state index contributed by atoms with van der Waals surface area (Å²) in [5.41, 5.74) is 5.57. The number of hydrogen-bond donors (Lipinski definition) is 2. The standard InChI is InChI=1S/C10H13F2NO/c1-6-2-9(11)8(10(12)3-6)4-7(14)5-13/h2-3,7,14H,4-5,13H2,1H3. The van der Waals surface area contributed by atoms with Crippen LogP contribution in [0, 0.1) is 18.6 Å². The van der Waals surface area contributed by atoms with Gasteiger partial charge in [0.05, 0.1) is 6.10 Å². The molecule has 0 amide bonds. The van der Waals surface area contributed by atoms with E-state index in [0.717, 1.165) is 0 Å². The normalized spacial score (nSPS) is 12.9. The van der Waals surface area contributed by atoms with E-state index in [2.05, 4.69) is 0 Å². The van der Waals surface area contributed by atoms with Crippen molar-refractivity contribution in [1.29, 1.82) is 0 Å². The van der Waals surface area contributed by atoms with Gasteiger partial charge in [0.1, 0.15) is 11.6 Å². The van der Waals surface area contributed by atoms with Crippen molar-refractivity contribution < 1.29 is 13.9 Å². The molecule has 1 aromatic rings. The number of aryl methyl sites for hydroxylation is 1. The Morgan fingerprint density at radius 3 is 2.29 bits per heavy atom. The highest BCUT2D eigenvalue weighted by atomic mass is 19.1. The van der Waals surface area contributed by atoms with Crippen LogP contribution in [0.15, 0.2) is 12.1 Å². The summed E-state index contributed by atoms with van der Waals surface area (Å²) in [6.45, 7) is 1.60. The second-order valence-corrected chi connectivity index (χ2v) is 3.30. The summed E-state index contributed by atoms with van der Waals surface area (Å²) < 4.78 is 26.4. The minimum absolute atomic E-state index is 0.00719. The smallest absolute Gasteiger partial charge is 0.129 e. The molecule has 1 atom stereocenters. The molecule has 0 saturated heterocycles. The van der Waals surface area contributed by atoms with Crippen molar-refractivity contribution in [2.24, 2.45) is 5.73 Å². The fourth-order valence-corrected chi connectivity index (χ4v) is 1.24. The Morgan fingerprint density at radius 1 is 1.36 bits per heavy atom. The quantitative estimate of drug-likeness (QED) is 0.770. The van der Waals surface area contributed by atoms with Gasteiger partial charge in [-0.25, -0.2) is 8.78 Å². The number of rotatable bonds is 3. The van der Waals surface area contributed by atoms with Crippen molar-refractivity contribution in [3.63, 3.8) is 0 Å². The Morgan fingerprint density at radius 2 is 1.86 bits per heavy atom. The molecule has 0 radical (unpaired) electrons. The summed E-state index contributed by atoms with van der Waals surface area (Å²) in [6.07, 6.45) is -0.990. The molecule has 1 aromatic carbocycles. The van der Waals surface area contributed by atoms with E-state index in [9.17, 15) is 13.9 Å². The van der Waals surface area contributed by atoms with Gasteiger partial charge < -0.3 is 10.8 Å². The average Bonchev–Trinajstić information content (AvgIpc) is 2.10. The van der Waals surface area contributed by atoms with Crippen molar-refractivity contribution in [3.05, 3.63) is 34.9 Å². The van der Waals surface area contributed by atoms with Gasteiger partial charge in [0.15, 0.2) is 0 Å². The highest BCUT2D eigenvalue weighted by Gasteiger charge is 2.13. The van der Waals surface area contributed by atoms with E-state index in [0.29, 0.717) is 5.56 Å². The van der Waals surface area contributed by atoms with Crippen molar-refractivity contribution in [3.8, 4) is 0 Å². The van der Waals surface area contributed by atoms with Crippen LogP contribution in [0.1, 0.15) is 11.1 Å². The van der Waals surface area contributed by atoms with Crippen molar-refractivity contribution in [2.75, 3.05) is 6.54 Å². The van der Waals surface area contributed by atoms with Gasteiger partial charge in [0.2, 0.25) is 0 Å². The molecule has 3 N–H and O–H groups in total. The summed E-state index contributed by atoms with van der Waals surface area (Å²) in [7, 11) is 0. The van der Waals surface area contributed by atoms with Crippen LogP contribution in [-0.4, -0.2) is 17.8 Å². The summed E-state index contributed by atoms with van der Waals surface area (Å²) in [6, 6.07) is 2.48. The molecule has 4 heteroatoms. The monoisotopic (exact) mass is 201 g/mol. The van der Waals surface area contributed by atoms with Gasteiger partial charge in [0, 0.05) is 18.5 Å². The Labute approximate surface area is 81.4 Å². The van der Waals surface area contributed by atoms with Crippen LogP contribution >= 0.6 is 0 Å². The van der Waals surface area contributed by atoms with Crippen LogP contribution in [0.2, 0.25) is 0 Å². The molecule has 0 aliphatic carbocycles. The van der Waals surface area contributed by atoms with Crippen LogP contribution in [0.3, 0.4) is 0 Å². The van der Waals surface area contributed by atoms with Crippen LogP contribution in [0.5, 0.6) is 0 Å². The zero-order chi connectivity index (χ0) is 10.7. The van der Waals surface area contributed by atoms with E-state index in [1.165, 1.54) is 12.1 Å². The first kappa shape index (κ1) is 11.1. The lowest BCUT2D eigenvalue weighted by Gasteiger charge is -2.10. The lowest BCUT2D eigenvalue weighted by molar-refractivity contribution is 0.180. The molecule has 0 heterocycles. The minimum atomic E-state index is -0.901. The number of aliphatic hydroxyl groups is 1. The van der Waals surface area contributed by atoms with Gasteiger partial charge >= 0.3 is 0 Å². The Kier molecular flexibility index (Phi) is 3.55. The van der Waals surface area contributed by atoms with Gasteiger partial charge in [-0.3, -0.25) is 0 Å². The largest absolute Gasteiger partial charge is 0.391 e. The summed E-state index contributed by atoms with van der Waals surface area (Å²) in [5.74, 6) is -1.26. The van der Waals surface area contributed by atoms with Crippen molar-refractivity contribution in [1.82, 2.24) is 0 Å². The first-order valence-electron chi connectivity index (χ1n) is 4.37. The molecule has 0 aliphatic heterocycles. The molecule has 2 nitrogen and oxygen atoms in total. The number of hydrogen-bond acceptors (Lipinski definition) is 2. The zero-order valence-corrected chi connectivity index (χ0v) is 7.93. The fourth-order valence-electron chi connectivity index (χ4n) is 1.24. The molecule has 0 fully saturated rings. The molecule has 0 spiro atoms. The summed E-state index contributed by atoms with van der Waals surface area (Å²) >= 11 is 0. The molecule has 0 aromatic heterocycles. The third-order valence-corrected chi connectivity index (χ3v) is 2.00. The molecule has 1 rings (SSSR count). The summed E-state index contributed by atoms with van der Waals surface area (Å²) in [5, 5.41) is 9.17. The number of nitrogens with two attached hydrogens (primary N) is 1. The van der Waals surface area contributed by atoms with Crippen LogP contribution in [0.4, 0.5) is 8.78 Å². The van der Waals surface area contributed by atoms with Crippen LogP contribution in [0.25, 0.3) is 0 Å². The maximum atomic E-state index is 13.2. The molecule has 1 unspecified atom stereocenters. The van der Waals surface area contributed by atoms with Gasteiger partial charge in [-0.2, -0.15) is 0 Å². The average molecular weight is 201 g/mol. The number of aliphatic hydroxyl groups excluding tert-OH is 1. The van der Waals surface area contributed by atoms with E-state index in [4.69, 9.17) is 5.73 Å². The van der Waals surface area contributed by atoms with Gasteiger partial charge in [-0.15, -0.1) is 0 Å². The van der Waals surface area contributed by atoms with Gasteiger partial charge in [-0.05, 0) is 24.6 Å². The van der Waals surface area contributed by atoms with Gasteiger partial charge in [0.25, 0.3) is 0 Å². The maximum Gasteiger partial charge on any atom is 0.129 e. The molecule has 78 valence electrons. The third-order valence-electron chi connectivity index (χ3n) is 2.00. The van der Waals surface area contributed by atoms with E-state index in [1.807, 2.05) is 0 Å². The van der Waals surface area contributed by atoms with E-state index < -0.39 is 17.7 Å². The second-order valence-electron chi connectivity index (χ2n) is 3.30. The second kappa shape index (κ2) is 4.48. The maximum absolute atomic E-state index is 13.2. The molecule has 0 bridgehead atoms. The highest BCUT2D eigenvalue weighted by Crippen LogP contribution is 2.16. The van der Waals surface area contributed by atoms with Gasteiger partial charge in [-0.1, -0.05) is 0 Å². The number of benzene rings is 1. The topological polar surface area (TPSA) is 46.2 Å². The molecule has 0 aliphatic rings. The molecule has 14 heavy (non-hydrogen) atoms. The Balaban J connectivity index is 2.96. The molecule has 0 saturated carbocycles. The Hall–Kier alpha value is -1.00. The summed E-state index contributed by atoms with van der Waals surface area (Å²) in [4.78, 5) is 0. The van der Waals surface area contributed by atoms with Crippen LogP contribution in [-0.2, 0) is 6.42 Å². The molecular formula is C10H13F2NO. The number of halogens is 2. The third kappa shape index (κ3) is 2.49. The van der Waals surface area contributed by atoms with E-state index in [-0.39, 0.29) is 18.5 Å². The molecular weight excluding hydrogens is 188 g/mol. The first-order chi connectivity index (χ1) is 6.54. The van der Waals surface area contributed by atoms with Crippen molar-refractivity contribution >= 4 is 0 Å². The SMILES string of the molecule is Cc1cc(F)c(CC(O)CN)c(F)c1. The van der Waals surface area contributed by atoms with Crippen LogP contribution < -0.4 is 5.73 Å². The zero-order valence-electron chi connectivity index (χ0n) is 7.93. The minimum Gasteiger partial charge on any atom is -0.391 e.